The molecule has 1 aliphatic rings. The Kier molecular flexibility index (Phi) is 4.09. The van der Waals surface area contributed by atoms with Crippen LogP contribution in [0, 0.1) is 6.92 Å². The lowest BCUT2D eigenvalue weighted by atomic mass is 10.1. The molecule has 0 atom stereocenters. The maximum Gasteiger partial charge on any atom is 0.276 e. The van der Waals surface area contributed by atoms with Gasteiger partial charge in [0.25, 0.3) is 11.1 Å². The normalized spacial score (nSPS) is 14.2. The summed E-state index contributed by atoms with van der Waals surface area (Å²) >= 11 is 1.53. The van der Waals surface area contributed by atoms with Gasteiger partial charge in [0.15, 0.2) is 11.5 Å². The van der Waals surface area contributed by atoms with Crippen LogP contribution in [-0.4, -0.2) is 40.1 Å². The highest BCUT2D eigenvalue weighted by molar-refractivity contribution is 7.20. The highest BCUT2D eigenvalue weighted by Gasteiger charge is 2.35. The van der Waals surface area contributed by atoms with E-state index in [1.54, 1.807) is 11.0 Å². The van der Waals surface area contributed by atoms with Crippen LogP contribution in [0.5, 0.6) is 5.19 Å². The molecule has 6 nitrogen and oxygen atoms in total. The number of hydrogen-bond donors (Lipinski definition) is 0. The summed E-state index contributed by atoms with van der Waals surface area (Å²) in [7, 11) is 0. The van der Waals surface area contributed by atoms with Crippen molar-refractivity contribution in [1.82, 2.24) is 15.0 Å². The molecule has 5 rings (SSSR count). The molecule has 7 heteroatoms. The van der Waals surface area contributed by atoms with Crippen molar-refractivity contribution in [2.24, 2.45) is 0 Å². The van der Waals surface area contributed by atoms with Gasteiger partial charge in [0.05, 0.1) is 23.3 Å². The fourth-order valence-corrected chi connectivity index (χ4v) is 4.17. The average molecular weight is 391 g/mol. The lowest BCUT2D eigenvalue weighted by Gasteiger charge is -2.37. The van der Waals surface area contributed by atoms with E-state index in [2.05, 4.69) is 10.1 Å². The summed E-state index contributed by atoms with van der Waals surface area (Å²) in [6.07, 6.45) is -0.0506. The molecule has 1 saturated heterocycles. The summed E-state index contributed by atoms with van der Waals surface area (Å²) in [5.74, 6) is 0.438. The Morgan fingerprint density at radius 3 is 2.79 bits per heavy atom. The van der Waals surface area contributed by atoms with E-state index in [9.17, 15) is 4.79 Å². The standard InChI is InChI=1S/C21H17N3O3S/c1-13-6-5-9-18-19(13)22-21(28-18)26-15-11-24(12-15)20(25)16-10-17(27-23-16)14-7-3-2-4-8-14/h2-10,15H,11-12H2,1H3. The van der Waals surface area contributed by atoms with Gasteiger partial charge in [-0.1, -0.05) is 59.0 Å². The fourth-order valence-electron chi connectivity index (χ4n) is 3.21. The molecule has 0 spiro atoms. The van der Waals surface area contributed by atoms with Gasteiger partial charge in [0.2, 0.25) is 0 Å². The number of aryl methyl sites for hydroxylation is 1. The van der Waals surface area contributed by atoms with Crippen molar-refractivity contribution in [1.29, 1.82) is 0 Å². The van der Waals surface area contributed by atoms with Crippen molar-refractivity contribution in [2.45, 2.75) is 13.0 Å². The van der Waals surface area contributed by atoms with Gasteiger partial charge in [-0.25, -0.2) is 4.98 Å². The van der Waals surface area contributed by atoms with Gasteiger partial charge in [-0.3, -0.25) is 4.79 Å². The average Bonchev–Trinajstić information content (AvgIpc) is 3.32. The molecule has 4 aromatic rings. The second kappa shape index (κ2) is 6.76. The molecule has 2 aromatic carbocycles. The Morgan fingerprint density at radius 2 is 2.00 bits per heavy atom. The number of hydrogen-bond acceptors (Lipinski definition) is 6. The fraction of sp³-hybridized carbons (Fsp3) is 0.190. The summed E-state index contributed by atoms with van der Waals surface area (Å²) in [6, 6.07) is 17.4. The Hall–Kier alpha value is -3.19. The number of carbonyl (C=O) groups excluding carboxylic acids is 1. The van der Waals surface area contributed by atoms with Crippen molar-refractivity contribution in [3.05, 3.63) is 65.9 Å². The van der Waals surface area contributed by atoms with Gasteiger partial charge in [-0.2, -0.15) is 0 Å². The molecule has 0 aliphatic carbocycles. The monoisotopic (exact) mass is 391 g/mol. The minimum Gasteiger partial charge on any atom is -0.463 e. The zero-order valence-electron chi connectivity index (χ0n) is 15.2. The van der Waals surface area contributed by atoms with Crippen LogP contribution in [0.25, 0.3) is 21.5 Å². The molecule has 1 fully saturated rings. The predicted octanol–water partition coefficient (Wildman–Crippen LogP) is 4.16. The second-order valence-corrected chi connectivity index (χ2v) is 7.79. The summed E-state index contributed by atoms with van der Waals surface area (Å²) in [4.78, 5) is 18.9. The van der Waals surface area contributed by atoms with Crippen molar-refractivity contribution in [3.8, 4) is 16.5 Å². The maximum absolute atomic E-state index is 12.6. The Labute approximate surface area is 165 Å². The predicted molar refractivity (Wildman–Crippen MR) is 107 cm³/mol. The zero-order valence-corrected chi connectivity index (χ0v) is 16.0. The first-order valence-electron chi connectivity index (χ1n) is 9.01. The number of likely N-dealkylation sites (tertiary alicyclic amines) is 1. The first kappa shape index (κ1) is 16.9. The van der Waals surface area contributed by atoms with Gasteiger partial charge in [-0.05, 0) is 18.6 Å². The molecule has 0 saturated carbocycles. The van der Waals surface area contributed by atoms with Crippen LogP contribution < -0.4 is 4.74 Å². The van der Waals surface area contributed by atoms with Crippen LogP contribution >= 0.6 is 11.3 Å². The molecule has 0 radical (unpaired) electrons. The summed E-state index contributed by atoms with van der Waals surface area (Å²) in [6.45, 7) is 3.07. The molecule has 1 amide bonds. The third-order valence-corrected chi connectivity index (χ3v) is 5.70. The van der Waals surface area contributed by atoms with E-state index in [1.807, 2.05) is 55.5 Å². The zero-order chi connectivity index (χ0) is 19.1. The number of rotatable bonds is 4. The van der Waals surface area contributed by atoms with Crippen LogP contribution in [0.3, 0.4) is 0 Å². The number of para-hydroxylation sites is 1. The second-order valence-electron chi connectivity index (χ2n) is 6.79. The molecule has 3 heterocycles. The first-order chi connectivity index (χ1) is 13.7. The smallest absolute Gasteiger partial charge is 0.276 e. The molecule has 140 valence electrons. The Morgan fingerprint density at radius 1 is 1.18 bits per heavy atom. The molecule has 2 aromatic heterocycles. The van der Waals surface area contributed by atoms with Crippen LogP contribution in [0.4, 0.5) is 0 Å². The van der Waals surface area contributed by atoms with E-state index in [4.69, 9.17) is 9.26 Å². The number of thiazole rings is 1. The van der Waals surface area contributed by atoms with Crippen LogP contribution in [0.1, 0.15) is 16.1 Å². The maximum atomic E-state index is 12.6. The largest absolute Gasteiger partial charge is 0.463 e. The quantitative estimate of drug-likeness (QED) is 0.522. The van der Waals surface area contributed by atoms with Crippen molar-refractivity contribution in [3.63, 3.8) is 0 Å². The summed E-state index contributed by atoms with van der Waals surface area (Å²) in [5, 5.41) is 4.57. The minimum atomic E-state index is -0.147. The van der Waals surface area contributed by atoms with E-state index in [0.29, 0.717) is 29.7 Å². The van der Waals surface area contributed by atoms with Crippen LogP contribution in [-0.2, 0) is 0 Å². The van der Waals surface area contributed by atoms with Gasteiger partial charge in [0.1, 0.15) is 6.10 Å². The Balaban J connectivity index is 1.22. The van der Waals surface area contributed by atoms with Crippen molar-refractivity contribution in [2.75, 3.05) is 13.1 Å². The van der Waals surface area contributed by atoms with Crippen LogP contribution in [0.2, 0.25) is 0 Å². The molecule has 0 unspecified atom stereocenters. The van der Waals surface area contributed by atoms with Crippen molar-refractivity contribution >= 4 is 27.5 Å². The first-order valence-corrected chi connectivity index (χ1v) is 9.83. The topological polar surface area (TPSA) is 68.5 Å². The highest BCUT2D eigenvalue weighted by Crippen LogP contribution is 2.31. The molecule has 0 bridgehead atoms. The van der Waals surface area contributed by atoms with Crippen LogP contribution in [0.15, 0.2) is 59.1 Å². The van der Waals surface area contributed by atoms with E-state index in [1.165, 1.54) is 11.3 Å². The summed E-state index contributed by atoms with van der Waals surface area (Å²) in [5.41, 5.74) is 3.32. The van der Waals surface area contributed by atoms with E-state index >= 15 is 0 Å². The number of amides is 1. The number of carbonyl (C=O) groups is 1. The third-order valence-electron chi connectivity index (χ3n) is 4.79. The molecular formula is C21H17N3O3S. The summed E-state index contributed by atoms with van der Waals surface area (Å²) < 4.78 is 12.4. The Bertz CT molecular complexity index is 1150. The number of fused-ring (bicyclic) bond motifs is 1. The number of aromatic nitrogens is 2. The number of benzene rings is 2. The van der Waals surface area contributed by atoms with E-state index < -0.39 is 0 Å². The van der Waals surface area contributed by atoms with Gasteiger partial charge in [0, 0.05) is 11.6 Å². The van der Waals surface area contributed by atoms with E-state index in [0.717, 1.165) is 21.3 Å². The lowest BCUT2D eigenvalue weighted by molar-refractivity contribution is 0.0170. The van der Waals surface area contributed by atoms with Gasteiger partial charge in [-0.15, -0.1) is 0 Å². The highest BCUT2D eigenvalue weighted by atomic mass is 32.1. The SMILES string of the molecule is Cc1cccc2sc(OC3CN(C(=O)c4cc(-c5ccccc5)on4)C3)nc12. The molecule has 0 N–H and O–H groups in total. The lowest BCUT2D eigenvalue weighted by Crippen LogP contribution is -2.56. The number of ether oxygens (including phenoxy) is 1. The van der Waals surface area contributed by atoms with Crippen molar-refractivity contribution < 1.29 is 14.1 Å². The van der Waals surface area contributed by atoms with E-state index in [-0.39, 0.29) is 12.0 Å². The van der Waals surface area contributed by atoms with Gasteiger partial charge < -0.3 is 14.2 Å². The van der Waals surface area contributed by atoms with Gasteiger partial charge >= 0.3 is 0 Å². The third kappa shape index (κ3) is 3.03. The molecular weight excluding hydrogens is 374 g/mol. The molecule has 1 aliphatic heterocycles. The minimum absolute atomic E-state index is 0.0506. The number of nitrogens with zero attached hydrogens (tertiary/aromatic N) is 3. The molecule has 28 heavy (non-hydrogen) atoms.